The fourth-order valence-electron chi connectivity index (χ4n) is 3.55. The SMILES string of the molecule is COc1cc2c(cc1OC)C[C@@H](C(=O)OCc1ccccc1)NC2.Cc1ccc(S(=O)(=O)O)cc1.O. The van der Waals surface area contributed by atoms with Crippen LogP contribution in [0.2, 0.25) is 0 Å². The molecule has 194 valence electrons. The molecule has 9 nitrogen and oxygen atoms in total. The van der Waals surface area contributed by atoms with Gasteiger partial charge in [-0.15, -0.1) is 0 Å². The quantitative estimate of drug-likeness (QED) is 0.375. The number of rotatable bonds is 6. The summed E-state index contributed by atoms with van der Waals surface area (Å²) in [6, 6.07) is 19.2. The highest BCUT2D eigenvalue weighted by Crippen LogP contribution is 2.32. The van der Waals surface area contributed by atoms with Gasteiger partial charge in [0, 0.05) is 6.54 Å². The average molecular weight is 518 g/mol. The second-order valence-electron chi connectivity index (χ2n) is 7.99. The molecule has 0 aliphatic carbocycles. The lowest BCUT2D eigenvalue weighted by atomic mass is 9.95. The normalized spacial score (nSPS) is 14.3. The molecule has 36 heavy (non-hydrogen) atoms. The number of ether oxygens (including phenoxy) is 3. The smallest absolute Gasteiger partial charge is 0.323 e. The fraction of sp³-hybridized carbons (Fsp3) is 0.269. The molecule has 0 aromatic heterocycles. The zero-order valence-corrected chi connectivity index (χ0v) is 21.2. The molecule has 0 fully saturated rings. The molecule has 1 heterocycles. The molecule has 4 N–H and O–H groups in total. The summed E-state index contributed by atoms with van der Waals surface area (Å²) in [6.07, 6.45) is 0.573. The summed E-state index contributed by atoms with van der Waals surface area (Å²) in [5.41, 5.74) is 4.12. The maximum Gasteiger partial charge on any atom is 0.323 e. The van der Waals surface area contributed by atoms with Crippen LogP contribution in [0, 0.1) is 6.92 Å². The molecule has 1 aliphatic heterocycles. The highest BCUT2D eigenvalue weighted by Gasteiger charge is 2.27. The van der Waals surface area contributed by atoms with E-state index in [2.05, 4.69) is 5.32 Å². The lowest BCUT2D eigenvalue weighted by Crippen LogP contribution is -2.42. The lowest BCUT2D eigenvalue weighted by molar-refractivity contribution is -0.147. The topological polar surface area (TPSA) is 143 Å². The Morgan fingerprint density at radius 3 is 2.11 bits per heavy atom. The summed E-state index contributed by atoms with van der Waals surface area (Å²) in [5.74, 6) is 1.14. The van der Waals surface area contributed by atoms with Crippen molar-refractivity contribution >= 4 is 16.1 Å². The monoisotopic (exact) mass is 517 g/mol. The van der Waals surface area contributed by atoms with Crippen LogP contribution < -0.4 is 14.8 Å². The third kappa shape index (κ3) is 7.79. The van der Waals surface area contributed by atoms with Crippen LogP contribution in [0.3, 0.4) is 0 Å². The molecule has 4 rings (SSSR count). The zero-order chi connectivity index (χ0) is 25.4. The Kier molecular flexibility index (Phi) is 10.4. The Morgan fingerprint density at radius 2 is 1.56 bits per heavy atom. The Morgan fingerprint density at radius 1 is 0.972 bits per heavy atom. The van der Waals surface area contributed by atoms with Gasteiger partial charge in [-0.1, -0.05) is 48.0 Å². The maximum atomic E-state index is 12.3. The van der Waals surface area contributed by atoms with Crippen LogP contribution in [0.15, 0.2) is 71.6 Å². The van der Waals surface area contributed by atoms with Crippen LogP contribution in [-0.4, -0.2) is 44.7 Å². The molecule has 1 aliphatic rings. The molecule has 3 aromatic carbocycles. The van der Waals surface area contributed by atoms with Crippen molar-refractivity contribution in [2.45, 2.75) is 37.4 Å². The average Bonchev–Trinajstić information content (AvgIpc) is 2.86. The summed E-state index contributed by atoms with van der Waals surface area (Å²) < 4.78 is 45.6. The molecule has 0 saturated heterocycles. The van der Waals surface area contributed by atoms with E-state index in [0.29, 0.717) is 24.5 Å². The minimum atomic E-state index is -4.02. The van der Waals surface area contributed by atoms with E-state index in [1.165, 1.54) is 12.1 Å². The van der Waals surface area contributed by atoms with Gasteiger partial charge in [0.25, 0.3) is 10.1 Å². The van der Waals surface area contributed by atoms with E-state index in [-0.39, 0.29) is 29.0 Å². The van der Waals surface area contributed by atoms with E-state index in [9.17, 15) is 13.2 Å². The summed E-state index contributed by atoms with van der Waals surface area (Å²) in [7, 11) is -0.796. The van der Waals surface area contributed by atoms with Gasteiger partial charge >= 0.3 is 5.97 Å². The van der Waals surface area contributed by atoms with Crippen LogP contribution in [-0.2, 0) is 39.2 Å². The van der Waals surface area contributed by atoms with E-state index in [0.717, 1.165) is 22.3 Å². The van der Waals surface area contributed by atoms with Gasteiger partial charge in [0.2, 0.25) is 0 Å². The van der Waals surface area contributed by atoms with Gasteiger partial charge in [-0.3, -0.25) is 9.35 Å². The number of nitrogens with one attached hydrogen (secondary N) is 1. The van der Waals surface area contributed by atoms with Crippen molar-refractivity contribution in [2.75, 3.05) is 14.2 Å². The number of aryl methyl sites for hydroxylation is 1. The van der Waals surface area contributed by atoms with Crippen molar-refractivity contribution in [3.63, 3.8) is 0 Å². The van der Waals surface area contributed by atoms with Gasteiger partial charge in [0.05, 0.1) is 19.1 Å². The van der Waals surface area contributed by atoms with E-state index >= 15 is 0 Å². The summed E-state index contributed by atoms with van der Waals surface area (Å²) in [5, 5.41) is 3.23. The number of fused-ring (bicyclic) bond motifs is 1. The highest BCUT2D eigenvalue weighted by molar-refractivity contribution is 7.85. The predicted molar refractivity (Wildman–Crippen MR) is 135 cm³/mol. The molecule has 3 aromatic rings. The molecule has 1 atom stereocenters. The third-order valence-corrected chi connectivity index (χ3v) is 6.36. The first-order valence-corrected chi connectivity index (χ1v) is 12.4. The second kappa shape index (κ2) is 13.0. The summed E-state index contributed by atoms with van der Waals surface area (Å²) in [4.78, 5) is 12.3. The van der Waals surface area contributed by atoms with E-state index in [1.54, 1.807) is 26.4 Å². The first kappa shape index (κ1) is 28.8. The third-order valence-electron chi connectivity index (χ3n) is 5.50. The zero-order valence-electron chi connectivity index (χ0n) is 20.4. The lowest BCUT2D eigenvalue weighted by Gasteiger charge is -2.26. The maximum absolute atomic E-state index is 12.3. The number of hydrogen-bond donors (Lipinski definition) is 2. The molecular formula is C26H31NO8S. The van der Waals surface area contributed by atoms with Crippen LogP contribution in [0.25, 0.3) is 0 Å². The molecule has 0 saturated carbocycles. The van der Waals surface area contributed by atoms with E-state index in [4.69, 9.17) is 18.8 Å². The molecule has 0 unspecified atom stereocenters. The molecule has 0 spiro atoms. The number of carbonyl (C=O) groups excluding carboxylic acids is 1. The fourth-order valence-corrected chi connectivity index (χ4v) is 4.03. The van der Waals surface area contributed by atoms with Crippen molar-refractivity contribution in [3.05, 3.63) is 89.0 Å². The first-order valence-electron chi connectivity index (χ1n) is 10.9. The Labute approximate surface area is 211 Å². The second-order valence-corrected chi connectivity index (χ2v) is 9.42. The van der Waals surface area contributed by atoms with E-state index < -0.39 is 10.1 Å². The number of hydrogen-bond acceptors (Lipinski definition) is 7. The minimum Gasteiger partial charge on any atom is -0.493 e. The Bertz CT molecular complexity index is 1240. The van der Waals surface area contributed by atoms with Gasteiger partial charge in [-0.05, 0) is 54.3 Å². The molecule has 0 radical (unpaired) electrons. The van der Waals surface area contributed by atoms with Crippen molar-refractivity contribution in [1.82, 2.24) is 5.32 Å². The van der Waals surface area contributed by atoms with Crippen molar-refractivity contribution in [2.24, 2.45) is 0 Å². The Balaban J connectivity index is 0.000000321. The largest absolute Gasteiger partial charge is 0.493 e. The van der Waals surface area contributed by atoms with Gasteiger partial charge in [-0.2, -0.15) is 8.42 Å². The molecule has 0 amide bonds. The number of benzene rings is 3. The van der Waals surface area contributed by atoms with Crippen molar-refractivity contribution in [3.8, 4) is 11.5 Å². The Hall–Kier alpha value is -3.44. The number of methoxy groups -OCH3 is 2. The van der Waals surface area contributed by atoms with Crippen molar-refractivity contribution < 1.29 is 37.5 Å². The highest BCUT2D eigenvalue weighted by atomic mass is 32.2. The standard InChI is InChI=1S/C19H21NO4.C7H8O3S.H2O/c1-22-17-9-14-8-16(20-11-15(14)10-18(17)23-2)19(21)24-12-13-6-4-3-5-7-13;1-6-2-4-7(5-3-6)11(8,9)10;/h3-7,9-10,16,20H,8,11-12H2,1-2H3;2-5H,1H3,(H,8,9,10);1H2/t16-;;/m0../s1. The minimum absolute atomic E-state index is 0. The number of esters is 1. The van der Waals surface area contributed by atoms with Crippen LogP contribution >= 0.6 is 0 Å². The predicted octanol–water partition coefficient (Wildman–Crippen LogP) is 2.88. The summed E-state index contributed by atoms with van der Waals surface area (Å²) in [6.45, 7) is 2.73. The molecular weight excluding hydrogens is 486 g/mol. The van der Waals surface area contributed by atoms with E-state index in [1.807, 2.05) is 49.4 Å². The molecule has 0 bridgehead atoms. The summed E-state index contributed by atoms with van der Waals surface area (Å²) >= 11 is 0. The van der Waals surface area contributed by atoms with Gasteiger partial charge < -0.3 is 25.0 Å². The van der Waals surface area contributed by atoms with Crippen LogP contribution in [0.4, 0.5) is 0 Å². The van der Waals surface area contributed by atoms with Crippen LogP contribution in [0.1, 0.15) is 22.3 Å². The van der Waals surface area contributed by atoms with Crippen LogP contribution in [0.5, 0.6) is 11.5 Å². The van der Waals surface area contributed by atoms with Crippen molar-refractivity contribution in [1.29, 1.82) is 0 Å². The number of carbonyl (C=O) groups is 1. The molecule has 10 heteroatoms. The first-order chi connectivity index (χ1) is 16.7. The van der Waals surface area contributed by atoms with Gasteiger partial charge in [0.1, 0.15) is 12.6 Å². The van der Waals surface area contributed by atoms with Gasteiger partial charge in [-0.25, -0.2) is 0 Å². The van der Waals surface area contributed by atoms with Gasteiger partial charge in [0.15, 0.2) is 11.5 Å².